The van der Waals surface area contributed by atoms with Crippen molar-refractivity contribution in [2.24, 2.45) is 0 Å². The number of fused-ring (bicyclic) bond motifs is 1. The van der Waals surface area contributed by atoms with Crippen molar-refractivity contribution in [3.8, 4) is 0 Å². The number of aromatic nitrogens is 2. The van der Waals surface area contributed by atoms with Gasteiger partial charge in [0.15, 0.2) is 0 Å². The van der Waals surface area contributed by atoms with Crippen molar-refractivity contribution in [3.63, 3.8) is 0 Å². The second kappa shape index (κ2) is 7.46. The number of amides is 1. The molecule has 4 heteroatoms. The Kier molecular flexibility index (Phi) is 4.71. The van der Waals surface area contributed by atoms with Gasteiger partial charge in [-0.05, 0) is 24.1 Å². The predicted molar refractivity (Wildman–Crippen MR) is 108 cm³/mol. The zero-order valence-electron chi connectivity index (χ0n) is 15.1. The summed E-state index contributed by atoms with van der Waals surface area (Å²) in [5.41, 5.74) is 3.72. The van der Waals surface area contributed by atoms with Gasteiger partial charge in [0.1, 0.15) is 0 Å². The van der Waals surface area contributed by atoms with Crippen LogP contribution in [0.2, 0.25) is 0 Å². The molecule has 27 heavy (non-hydrogen) atoms. The SMILES string of the molecule is CC(NC(=O)c1cccc2cn[nH]c12)C(c1ccccc1)c1ccccc1. The molecule has 0 spiro atoms. The van der Waals surface area contributed by atoms with Crippen LogP contribution in [0.3, 0.4) is 0 Å². The molecule has 0 saturated heterocycles. The van der Waals surface area contributed by atoms with Crippen LogP contribution < -0.4 is 5.32 Å². The van der Waals surface area contributed by atoms with Crippen LogP contribution in [0.25, 0.3) is 10.9 Å². The van der Waals surface area contributed by atoms with E-state index >= 15 is 0 Å². The van der Waals surface area contributed by atoms with Gasteiger partial charge in [-0.3, -0.25) is 9.89 Å². The molecule has 1 atom stereocenters. The fourth-order valence-corrected chi connectivity index (χ4v) is 3.62. The van der Waals surface area contributed by atoms with E-state index in [4.69, 9.17) is 0 Å². The summed E-state index contributed by atoms with van der Waals surface area (Å²) >= 11 is 0. The van der Waals surface area contributed by atoms with Crippen molar-refractivity contribution in [2.45, 2.75) is 18.9 Å². The highest BCUT2D eigenvalue weighted by Crippen LogP contribution is 2.28. The molecule has 1 heterocycles. The second-order valence-electron chi connectivity index (χ2n) is 6.70. The van der Waals surface area contributed by atoms with E-state index in [9.17, 15) is 4.79 Å². The van der Waals surface area contributed by atoms with Gasteiger partial charge in [0.25, 0.3) is 5.91 Å². The maximum Gasteiger partial charge on any atom is 0.253 e. The van der Waals surface area contributed by atoms with Crippen molar-refractivity contribution in [1.29, 1.82) is 0 Å². The lowest BCUT2D eigenvalue weighted by atomic mass is 9.85. The standard InChI is InChI=1S/C23H21N3O/c1-16(25-23(27)20-14-8-13-19-15-24-26-22(19)20)21(17-9-4-2-5-10-17)18-11-6-3-7-12-18/h2-16,21H,1H3,(H,24,26)(H,25,27). The van der Waals surface area contributed by atoms with Crippen molar-refractivity contribution in [2.75, 3.05) is 0 Å². The summed E-state index contributed by atoms with van der Waals surface area (Å²) in [4.78, 5) is 13.0. The zero-order chi connectivity index (χ0) is 18.6. The van der Waals surface area contributed by atoms with Crippen LogP contribution in [0.4, 0.5) is 0 Å². The number of carbonyl (C=O) groups is 1. The predicted octanol–water partition coefficient (Wildman–Crippen LogP) is 4.51. The van der Waals surface area contributed by atoms with Crippen LogP contribution in [0.1, 0.15) is 34.3 Å². The van der Waals surface area contributed by atoms with Gasteiger partial charge in [-0.25, -0.2) is 0 Å². The molecule has 1 amide bonds. The molecule has 0 bridgehead atoms. The molecule has 3 aromatic carbocycles. The number of hydrogen-bond donors (Lipinski definition) is 2. The first kappa shape index (κ1) is 17.0. The highest BCUT2D eigenvalue weighted by molar-refractivity contribution is 6.05. The Bertz CT molecular complexity index is 1000. The molecule has 134 valence electrons. The molecule has 0 radical (unpaired) electrons. The van der Waals surface area contributed by atoms with Gasteiger partial charge in [0.2, 0.25) is 0 Å². The lowest BCUT2D eigenvalue weighted by molar-refractivity contribution is 0.0938. The van der Waals surface area contributed by atoms with Gasteiger partial charge in [-0.1, -0.05) is 72.8 Å². The third kappa shape index (κ3) is 3.47. The fourth-order valence-electron chi connectivity index (χ4n) is 3.62. The number of H-pyrrole nitrogens is 1. The van der Waals surface area contributed by atoms with Crippen LogP contribution in [0.15, 0.2) is 85.1 Å². The number of carbonyl (C=O) groups excluding carboxylic acids is 1. The summed E-state index contributed by atoms with van der Waals surface area (Å²) in [7, 11) is 0. The molecule has 0 saturated carbocycles. The Hall–Kier alpha value is -3.40. The Labute approximate surface area is 158 Å². The average Bonchev–Trinajstić information content (AvgIpc) is 3.18. The molecule has 1 unspecified atom stereocenters. The van der Waals surface area contributed by atoms with Crippen LogP contribution in [0.5, 0.6) is 0 Å². The summed E-state index contributed by atoms with van der Waals surface area (Å²) in [5, 5.41) is 11.1. The Morgan fingerprint density at radius 3 is 2.15 bits per heavy atom. The quantitative estimate of drug-likeness (QED) is 0.553. The minimum atomic E-state index is -0.103. The summed E-state index contributed by atoms with van der Waals surface area (Å²) in [6, 6.07) is 26.1. The van der Waals surface area contributed by atoms with Crippen LogP contribution >= 0.6 is 0 Å². The topological polar surface area (TPSA) is 57.8 Å². The Morgan fingerprint density at radius 1 is 0.889 bits per heavy atom. The van der Waals surface area contributed by atoms with Crippen molar-refractivity contribution in [1.82, 2.24) is 15.5 Å². The van der Waals surface area contributed by atoms with Crippen LogP contribution in [0, 0.1) is 0 Å². The van der Waals surface area contributed by atoms with E-state index in [1.807, 2.05) is 54.6 Å². The summed E-state index contributed by atoms with van der Waals surface area (Å²) in [6.45, 7) is 2.05. The molecular formula is C23H21N3O. The molecule has 0 aliphatic heterocycles. The number of hydrogen-bond acceptors (Lipinski definition) is 2. The zero-order valence-corrected chi connectivity index (χ0v) is 15.1. The summed E-state index contributed by atoms with van der Waals surface area (Å²) in [5.74, 6) is -0.0356. The second-order valence-corrected chi connectivity index (χ2v) is 6.70. The first-order valence-corrected chi connectivity index (χ1v) is 9.07. The van der Waals surface area contributed by atoms with E-state index < -0.39 is 0 Å². The lowest BCUT2D eigenvalue weighted by Gasteiger charge is -2.26. The number of benzene rings is 3. The van der Waals surface area contributed by atoms with Crippen LogP contribution in [-0.4, -0.2) is 22.1 Å². The number of aromatic amines is 1. The minimum absolute atomic E-state index is 0.0670. The molecule has 1 aromatic heterocycles. The largest absolute Gasteiger partial charge is 0.349 e. The van der Waals surface area contributed by atoms with Gasteiger partial charge in [-0.15, -0.1) is 0 Å². The smallest absolute Gasteiger partial charge is 0.253 e. The lowest BCUT2D eigenvalue weighted by Crippen LogP contribution is -2.37. The molecule has 0 aliphatic carbocycles. The van der Waals surface area contributed by atoms with Crippen molar-refractivity contribution < 1.29 is 4.79 Å². The van der Waals surface area contributed by atoms with E-state index in [0.717, 1.165) is 10.9 Å². The van der Waals surface area contributed by atoms with E-state index in [-0.39, 0.29) is 17.9 Å². The number of rotatable bonds is 5. The molecule has 0 aliphatic rings. The third-order valence-corrected chi connectivity index (χ3v) is 4.90. The number of para-hydroxylation sites is 1. The maximum atomic E-state index is 13.0. The van der Waals surface area contributed by atoms with E-state index in [1.54, 1.807) is 6.20 Å². The number of nitrogens with one attached hydrogen (secondary N) is 2. The molecule has 4 aromatic rings. The van der Waals surface area contributed by atoms with Crippen LogP contribution in [-0.2, 0) is 0 Å². The molecule has 4 nitrogen and oxygen atoms in total. The van der Waals surface area contributed by atoms with Crippen molar-refractivity contribution >= 4 is 16.8 Å². The summed E-state index contributed by atoms with van der Waals surface area (Å²) < 4.78 is 0. The fraction of sp³-hybridized carbons (Fsp3) is 0.130. The highest BCUT2D eigenvalue weighted by Gasteiger charge is 2.24. The van der Waals surface area contributed by atoms with Gasteiger partial charge < -0.3 is 5.32 Å². The van der Waals surface area contributed by atoms with E-state index in [2.05, 4.69) is 46.7 Å². The highest BCUT2D eigenvalue weighted by atomic mass is 16.1. The minimum Gasteiger partial charge on any atom is -0.349 e. The van der Waals surface area contributed by atoms with Gasteiger partial charge in [0.05, 0.1) is 17.3 Å². The van der Waals surface area contributed by atoms with E-state index in [0.29, 0.717) is 5.56 Å². The summed E-state index contributed by atoms with van der Waals surface area (Å²) in [6.07, 6.45) is 1.73. The molecule has 0 fully saturated rings. The third-order valence-electron chi connectivity index (χ3n) is 4.90. The normalized spacial score (nSPS) is 12.2. The molecule has 2 N–H and O–H groups in total. The van der Waals surface area contributed by atoms with Crippen molar-refractivity contribution in [3.05, 3.63) is 102 Å². The van der Waals surface area contributed by atoms with E-state index in [1.165, 1.54) is 11.1 Å². The number of nitrogens with zero attached hydrogens (tertiary/aromatic N) is 1. The Morgan fingerprint density at radius 2 is 1.52 bits per heavy atom. The Balaban J connectivity index is 1.65. The van der Waals surface area contributed by atoms with Gasteiger partial charge in [-0.2, -0.15) is 5.10 Å². The monoisotopic (exact) mass is 355 g/mol. The molecule has 4 rings (SSSR count). The first-order valence-electron chi connectivity index (χ1n) is 9.07. The average molecular weight is 355 g/mol. The maximum absolute atomic E-state index is 13.0. The molecular weight excluding hydrogens is 334 g/mol. The van der Waals surface area contributed by atoms with Gasteiger partial charge >= 0.3 is 0 Å². The first-order chi connectivity index (χ1) is 13.2. The van der Waals surface area contributed by atoms with Gasteiger partial charge in [0, 0.05) is 17.3 Å².